The predicted molar refractivity (Wildman–Crippen MR) is 119 cm³/mol. The van der Waals surface area contributed by atoms with Crippen LogP contribution in [0.15, 0.2) is 43.0 Å². The zero-order valence-corrected chi connectivity index (χ0v) is 18.1. The van der Waals surface area contributed by atoms with E-state index in [0.717, 1.165) is 29.5 Å². The highest BCUT2D eigenvalue weighted by Gasteiger charge is 2.18. The molecule has 0 radical (unpaired) electrons. The molecule has 3 rings (SSSR count). The van der Waals surface area contributed by atoms with Crippen molar-refractivity contribution in [1.29, 1.82) is 0 Å². The number of benzene rings is 1. The van der Waals surface area contributed by atoms with Gasteiger partial charge in [-0.25, -0.2) is 9.97 Å². The lowest BCUT2D eigenvalue weighted by Crippen LogP contribution is -2.31. The van der Waals surface area contributed by atoms with Crippen LogP contribution in [0.5, 0.6) is 0 Å². The Morgan fingerprint density at radius 2 is 2.03 bits per heavy atom. The van der Waals surface area contributed by atoms with Crippen LogP contribution in [0.2, 0.25) is 0 Å². The molecule has 3 aromatic rings. The number of anilines is 1. The SMILES string of the molecule is CCCCO.Cc1cccc([C@@H](CO)NC(=O)c2cn(-c3nc(N)ncc3C)cn2)c1. The molecular formula is C22H30N6O3. The molecule has 0 aliphatic carbocycles. The first-order valence-corrected chi connectivity index (χ1v) is 10.1. The van der Waals surface area contributed by atoms with Crippen LogP contribution >= 0.6 is 0 Å². The summed E-state index contributed by atoms with van der Waals surface area (Å²) < 4.78 is 1.61. The van der Waals surface area contributed by atoms with E-state index in [1.165, 1.54) is 6.33 Å². The summed E-state index contributed by atoms with van der Waals surface area (Å²) in [4.78, 5) is 24.7. The summed E-state index contributed by atoms with van der Waals surface area (Å²) in [6, 6.07) is 7.12. The van der Waals surface area contributed by atoms with Gasteiger partial charge in [-0.05, 0) is 25.8 Å². The van der Waals surface area contributed by atoms with Gasteiger partial charge in [-0.3, -0.25) is 9.36 Å². The Morgan fingerprint density at radius 3 is 2.65 bits per heavy atom. The summed E-state index contributed by atoms with van der Waals surface area (Å²) in [5, 5.41) is 20.5. The Kier molecular flexibility index (Phi) is 9.11. The minimum Gasteiger partial charge on any atom is -0.396 e. The first-order valence-electron chi connectivity index (χ1n) is 10.1. The number of amides is 1. The van der Waals surface area contributed by atoms with Gasteiger partial charge in [0.1, 0.15) is 17.8 Å². The largest absolute Gasteiger partial charge is 0.396 e. The van der Waals surface area contributed by atoms with Gasteiger partial charge in [-0.15, -0.1) is 0 Å². The number of hydrogen-bond acceptors (Lipinski definition) is 7. The van der Waals surface area contributed by atoms with E-state index in [9.17, 15) is 9.90 Å². The van der Waals surface area contributed by atoms with Crippen molar-refractivity contribution in [1.82, 2.24) is 24.8 Å². The molecule has 9 heteroatoms. The smallest absolute Gasteiger partial charge is 0.272 e. The van der Waals surface area contributed by atoms with E-state index in [4.69, 9.17) is 10.8 Å². The van der Waals surface area contributed by atoms with Gasteiger partial charge in [-0.1, -0.05) is 43.2 Å². The van der Waals surface area contributed by atoms with E-state index in [2.05, 4.69) is 27.2 Å². The zero-order valence-electron chi connectivity index (χ0n) is 18.1. The maximum absolute atomic E-state index is 12.5. The van der Waals surface area contributed by atoms with Crippen molar-refractivity contribution < 1.29 is 15.0 Å². The minimum atomic E-state index is -0.510. The van der Waals surface area contributed by atoms with Gasteiger partial charge in [0.15, 0.2) is 0 Å². The van der Waals surface area contributed by atoms with Gasteiger partial charge < -0.3 is 21.3 Å². The molecule has 0 aliphatic heterocycles. The predicted octanol–water partition coefficient (Wildman–Crippen LogP) is 2.10. The fourth-order valence-electron chi connectivity index (χ4n) is 2.78. The average molecular weight is 427 g/mol. The normalized spacial score (nSPS) is 11.4. The van der Waals surface area contributed by atoms with Gasteiger partial charge in [0, 0.05) is 24.6 Å². The van der Waals surface area contributed by atoms with Crippen molar-refractivity contribution in [2.24, 2.45) is 0 Å². The maximum Gasteiger partial charge on any atom is 0.272 e. The lowest BCUT2D eigenvalue weighted by Gasteiger charge is -2.16. The number of nitrogens with two attached hydrogens (primary N) is 1. The van der Waals surface area contributed by atoms with E-state index >= 15 is 0 Å². The van der Waals surface area contributed by atoms with E-state index in [1.807, 2.05) is 38.1 Å². The third kappa shape index (κ3) is 6.87. The number of aliphatic hydroxyl groups is 2. The first kappa shape index (κ1) is 24.0. The van der Waals surface area contributed by atoms with Gasteiger partial charge in [-0.2, -0.15) is 4.98 Å². The quantitative estimate of drug-likeness (QED) is 0.454. The number of hydrogen-bond donors (Lipinski definition) is 4. The third-order valence-electron chi connectivity index (χ3n) is 4.47. The molecule has 0 spiro atoms. The summed E-state index contributed by atoms with van der Waals surface area (Å²) in [6.45, 7) is 5.98. The second kappa shape index (κ2) is 11.8. The summed E-state index contributed by atoms with van der Waals surface area (Å²) in [5.74, 6) is 0.315. The molecule has 0 saturated carbocycles. The number of aromatic nitrogens is 4. The van der Waals surface area contributed by atoms with Crippen LogP contribution in [0.1, 0.15) is 53.0 Å². The number of carbonyl (C=O) groups excluding carboxylic acids is 1. The number of imidazole rings is 1. The Morgan fingerprint density at radius 1 is 1.26 bits per heavy atom. The van der Waals surface area contributed by atoms with Crippen molar-refractivity contribution in [3.63, 3.8) is 0 Å². The molecule has 2 heterocycles. The average Bonchev–Trinajstić information content (AvgIpc) is 3.25. The molecule has 0 unspecified atom stereocenters. The van der Waals surface area contributed by atoms with Crippen LogP contribution in [-0.4, -0.2) is 48.9 Å². The topological polar surface area (TPSA) is 139 Å². The van der Waals surface area contributed by atoms with Crippen molar-refractivity contribution in [2.45, 2.75) is 39.7 Å². The minimum absolute atomic E-state index is 0.144. The zero-order chi connectivity index (χ0) is 22.8. The van der Waals surface area contributed by atoms with Gasteiger partial charge >= 0.3 is 0 Å². The lowest BCUT2D eigenvalue weighted by molar-refractivity contribution is 0.0911. The number of aryl methyl sites for hydroxylation is 2. The third-order valence-corrected chi connectivity index (χ3v) is 4.47. The summed E-state index contributed by atoms with van der Waals surface area (Å²) >= 11 is 0. The number of unbranched alkanes of at least 4 members (excludes halogenated alkanes) is 1. The second-order valence-corrected chi connectivity index (χ2v) is 7.10. The number of nitrogens with zero attached hydrogens (tertiary/aromatic N) is 4. The van der Waals surface area contributed by atoms with E-state index < -0.39 is 6.04 Å². The number of rotatable bonds is 7. The molecule has 0 aliphatic rings. The molecule has 1 atom stereocenters. The van der Waals surface area contributed by atoms with Gasteiger partial charge in [0.05, 0.1) is 12.6 Å². The van der Waals surface area contributed by atoms with Crippen LogP contribution in [0, 0.1) is 13.8 Å². The van der Waals surface area contributed by atoms with E-state index in [-0.39, 0.29) is 24.2 Å². The molecule has 5 N–H and O–H groups in total. The fraction of sp³-hybridized carbons (Fsp3) is 0.364. The molecule has 0 saturated heterocycles. The maximum atomic E-state index is 12.5. The van der Waals surface area contributed by atoms with Crippen LogP contribution in [0.3, 0.4) is 0 Å². The van der Waals surface area contributed by atoms with Gasteiger partial charge in [0.25, 0.3) is 5.91 Å². The Bertz CT molecular complexity index is 987. The number of nitrogen functional groups attached to an aromatic ring is 1. The van der Waals surface area contributed by atoms with Crippen molar-refractivity contribution in [3.05, 3.63) is 65.4 Å². The fourth-order valence-corrected chi connectivity index (χ4v) is 2.78. The van der Waals surface area contributed by atoms with Crippen LogP contribution in [-0.2, 0) is 0 Å². The van der Waals surface area contributed by atoms with E-state index in [0.29, 0.717) is 12.4 Å². The van der Waals surface area contributed by atoms with Crippen LogP contribution in [0.25, 0.3) is 5.82 Å². The number of nitrogens with one attached hydrogen (secondary N) is 1. The summed E-state index contributed by atoms with van der Waals surface area (Å²) in [7, 11) is 0. The lowest BCUT2D eigenvalue weighted by atomic mass is 10.0. The summed E-state index contributed by atoms with van der Waals surface area (Å²) in [6.07, 6.45) is 6.70. The van der Waals surface area contributed by atoms with Gasteiger partial charge in [0.2, 0.25) is 5.95 Å². The molecule has 2 aromatic heterocycles. The Hall–Kier alpha value is -3.30. The second-order valence-electron chi connectivity index (χ2n) is 7.10. The highest BCUT2D eigenvalue weighted by molar-refractivity contribution is 5.92. The highest BCUT2D eigenvalue weighted by atomic mass is 16.3. The van der Waals surface area contributed by atoms with Crippen molar-refractivity contribution >= 4 is 11.9 Å². The van der Waals surface area contributed by atoms with Crippen molar-refractivity contribution in [3.8, 4) is 5.82 Å². The summed E-state index contributed by atoms with van der Waals surface area (Å²) in [5.41, 5.74) is 8.53. The molecule has 1 amide bonds. The molecule has 166 valence electrons. The Labute approximate surface area is 182 Å². The number of aliphatic hydroxyl groups excluding tert-OH is 2. The standard InChI is InChI=1S/C18H20N6O2.C4H10O/c1-11-4-3-5-13(6-11)15(9-25)22-17(26)14-8-24(10-21-14)16-12(2)7-20-18(19)23-16;1-2-3-4-5/h3-8,10,15,25H,9H2,1-2H3,(H,22,26)(H2,19,20,23);5H,2-4H2,1H3/t15-;/m1./s1. The monoisotopic (exact) mass is 426 g/mol. The molecule has 31 heavy (non-hydrogen) atoms. The first-order chi connectivity index (χ1) is 14.9. The molecule has 9 nitrogen and oxygen atoms in total. The number of carbonyl (C=O) groups is 1. The molecule has 0 fully saturated rings. The molecule has 1 aromatic carbocycles. The van der Waals surface area contributed by atoms with E-state index in [1.54, 1.807) is 17.0 Å². The van der Waals surface area contributed by atoms with Crippen LogP contribution < -0.4 is 11.1 Å². The molecule has 0 bridgehead atoms. The highest BCUT2D eigenvalue weighted by Crippen LogP contribution is 2.16. The molecular weight excluding hydrogens is 396 g/mol. The Balaban J connectivity index is 0.000000614. The van der Waals surface area contributed by atoms with Crippen LogP contribution in [0.4, 0.5) is 5.95 Å². The van der Waals surface area contributed by atoms with Crippen molar-refractivity contribution in [2.75, 3.05) is 18.9 Å².